The van der Waals surface area contributed by atoms with Crippen LogP contribution in [0, 0.1) is 0 Å². The van der Waals surface area contributed by atoms with Gasteiger partial charge < -0.3 is 15.5 Å². The summed E-state index contributed by atoms with van der Waals surface area (Å²) >= 11 is 0. The van der Waals surface area contributed by atoms with Crippen molar-refractivity contribution in [2.24, 2.45) is 0 Å². The lowest BCUT2D eigenvalue weighted by Gasteiger charge is -2.25. The van der Waals surface area contributed by atoms with Gasteiger partial charge in [0.05, 0.1) is 0 Å². The van der Waals surface area contributed by atoms with E-state index >= 15 is 0 Å². The maximum atomic E-state index is 9.26. The van der Waals surface area contributed by atoms with E-state index in [-0.39, 0.29) is 11.5 Å². The molecule has 0 aromatic heterocycles. The minimum Gasteiger partial charge on any atom is -0.508 e. The quantitative estimate of drug-likeness (QED) is 0.276. The fourth-order valence-corrected chi connectivity index (χ4v) is 4.93. The zero-order valence-electron chi connectivity index (χ0n) is 21.5. The molecule has 2 aliphatic rings. The summed E-state index contributed by atoms with van der Waals surface area (Å²) in [7, 11) is 0. The topological polar surface area (TPSA) is 52.5 Å². The summed E-state index contributed by atoms with van der Waals surface area (Å²) in [6.07, 6.45) is 9.21. The molecule has 3 heteroatoms. The van der Waals surface area contributed by atoms with Gasteiger partial charge in [-0.25, -0.2) is 0 Å². The summed E-state index contributed by atoms with van der Waals surface area (Å²) in [5, 5.41) is 24.5. The van der Waals surface area contributed by atoms with Crippen molar-refractivity contribution in [3.05, 3.63) is 107 Å². The fraction of sp³-hybridized carbons (Fsp3) is 0.212. The number of nitrogens with one attached hydrogen (secondary N) is 1. The number of hydrogen-bond acceptors (Lipinski definition) is 3. The molecule has 0 aliphatic heterocycles. The number of aromatic hydroxyl groups is 2. The van der Waals surface area contributed by atoms with E-state index in [2.05, 4.69) is 61.7 Å². The van der Waals surface area contributed by atoms with Crippen molar-refractivity contribution in [3.63, 3.8) is 0 Å². The highest BCUT2D eigenvalue weighted by Gasteiger charge is 2.21. The molecule has 0 atom stereocenters. The van der Waals surface area contributed by atoms with Crippen LogP contribution >= 0.6 is 0 Å². The predicted molar refractivity (Wildman–Crippen MR) is 154 cm³/mol. The first kappa shape index (κ1) is 25.1. The number of anilines is 2. The Morgan fingerprint density at radius 2 is 1.42 bits per heavy atom. The van der Waals surface area contributed by atoms with Crippen LogP contribution in [0.4, 0.5) is 11.4 Å². The lowest BCUT2D eigenvalue weighted by atomic mass is 9.79. The number of phenolic OH excluding ortho intramolecular Hbond substituents is 2. The second-order valence-electron chi connectivity index (χ2n) is 9.18. The van der Waals surface area contributed by atoms with Crippen LogP contribution in [0.1, 0.15) is 62.3 Å². The number of rotatable bonds is 3. The summed E-state index contributed by atoms with van der Waals surface area (Å²) in [4.78, 5) is 0. The molecule has 3 nitrogen and oxygen atoms in total. The normalized spacial score (nSPS) is 12.8. The van der Waals surface area contributed by atoms with Crippen LogP contribution in [-0.2, 0) is 6.42 Å². The highest BCUT2D eigenvalue weighted by Crippen LogP contribution is 2.42. The third-order valence-corrected chi connectivity index (χ3v) is 6.47. The molecule has 3 N–H and O–H groups in total. The fourth-order valence-electron chi connectivity index (χ4n) is 4.93. The van der Waals surface area contributed by atoms with E-state index < -0.39 is 0 Å². The van der Waals surface area contributed by atoms with Crippen LogP contribution in [0.3, 0.4) is 0 Å². The van der Waals surface area contributed by atoms with Crippen molar-refractivity contribution in [2.75, 3.05) is 5.32 Å². The van der Waals surface area contributed by atoms with E-state index in [1.165, 1.54) is 33.0 Å². The lowest BCUT2D eigenvalue weighted by molar-refractivity contribution is 0.475. The lowest BCUT2D eigenvalue weighted by Crippen LogP contribution is -2.06. The number of benzene rings is 4. The van der Waals surface area contributed by atoms with Gasteiger partial charge in [-0.05, 0) is 81.6 Å². The predicted octanol–water partition coefficient (Wildman–Crippen LogP) is 9.19. The summed E-state index contributed by atoms with van der Waals surface area (Å²) in [6.45, 7) is 8.60. The van der Waals surface area contributed by atoms with Gasteiger partial charge in [-0.3, -0.25) is 0 Å². The highest BCUT2D eigenvalue weighted by atomic mass is 16.3. The van der Waals surface area contributed by atoms with Crippen LogP contribution in [-0.4, -0.2) is 10.2 Å². The first-order valence-electron chi connectivity index (χ1n) is 12.8. The van der Waals surface area contributed by atoms with E-state index in [1.807, 2.05) is 26.0 Å². The molecule has 0 bridgehead atoms. The summed E-state index contributed by atoms with van der Waals surface area (Å²) in [6, 6.07) is 22.8. The molecule has 4 aromatic rings. The van der Waals surface area contributed by atoms with Gasteiger partial charge >= 0.3 is 0 Å². The van der Waals surface area contributed by atoms with Gasteiger partial charge in [-0.15, -0.1) is 0 Å². The Bertz CT molecular complexity index is 1390. The zero-order chi connectivity index (χ0) is 25.7. The van der Waals surface area contributed by atoms with E-state index in [9.17, 15) is 10.2 Å². The van der Waals surface area contributed by atoms with E-state index in [4.69, 9.17) is 0 Å². The zero-order valence-corrected chi connectivity index (χ0v) is 21.5. The number of hydrogen-bond donors (Lipinski definition) is 3. The largest absolute Gasteiger partial charge is 0.508 e. The second kappa shape index (κ2) is 11.2. The first-order chi connectivity index (χ1) is 17.5. The Kier molecular flexibility index (Phi) is 7.80. The molecule has 2 aliphatic carbocycles. The van der Waals surface area contributed by atoms with Crippen LogP contribution in [0.25, 0.3) is 22.4 Å². The Morgan fingerprint density at radius 1 is 0.778 bits per heavy atom. The molecular formula is C33H35NO2. The van der Waals surface area contributed by atoms with Crippen LogP contribution in [0.15, 0.2) is 84.9 Å². The van der Waals surface area contributed by atoms with E-state index in [0.29, 0.717) is 5.92 Å². The smallest absolute Gasteiger partial charge is 0.117 e. The Morgan fingerprint density at radius 3 is 2.03 bits per heavy atom. The SMILES string of the molecule is CC.CC(C)c1ccc2ccc3c4c2c1CC=C4CC=C3.Oc1cccc(Nc2cccc(O)c2)c1. The summed E-state index contributed by atoms with van der Waals surface area (Å²) in [5.41, 5.74) is 9.06. The highest BCUT2D eigenvalue weighted by molar-refractivity contribution is 6.03. The van der Waals surface area contributed by atoms with Crippen molar-refractivity contribution in [1.29, 1.82) is 0 Å². The van der Waals surface area contributed by atoms with Gasteiger partial charge in [0.25, 0.3) is 0 Å². The standard InChI is InChI=1S/C19H18.C12H11NO2.C2H6/c1-12(2)16-10-8-15-7-6-13-4-3-5-14-9-11-17(16)19(15)18(13)14;14-11-5-1-3-9(7-11)13-10-4-2-6-12(15)8-10;1-2/h3-4,6-10,12H,5,11H2,1-2H3;1-8,13-15H;1-2H3. The van der Waals surface area contributed by atoms with Crippen molar-refractivity contribution in [1.82, 2.24) is 0 Å². The van der Waals surface area contributed by atoms with Gasteiger partial charge in [0, 0.05) is 23.5 Å². The van der Waals surface area contributed by atoms with E-state index in [1.54, 1.807) is 42.0 Å². The molecule has 4 aromatic carbocycles. The second-order valence-corrected chi connectivity index (χ2v) is 9.18. The molecule has 0 saturated heterocycles. The number of allylic oxidation sites excluding steroid dienone is 3. The van der Waals surface area contributed by atoms with Gasteiger partial charge in [0.1, 0.15) is 11.5 Å². The Balaban J connectivity index is 0.000000163. The average molecular weight is 478 g/mol. The van der Waals surface area contributed by atoms with Gasteiger partial charge in [0.15, 0.2) is 0 Å². The van der Waals surface area contributed by atoms with Crippen LogP contribution < -0.4 is 5.32 Å². The molecule has 0 heterocycles. The minimum atomic E-state index is 0.208. The monoisotopic (exact) mass is 477 g/mol. The maximum absolute atomic E-state index is 9.26. The summed E-state index contributed by atoms with van der Waals surface area (Å²) < 4.78 is 0. The van der Waals surface area contributed by atoms with Gasteiger partial charge in [0.2, 0.25) is 0 Å². The molecule has 0 spiro atoms. The molecule has 36 heavy (non-hydrogen) atoms. The first-order valence-corrected chi connectivity index (χ1v) is 12.8. The molecule has 0 fully saturated rings. The Labute approximate surface area is 214 Å². The third kappa shape index (κ3) is 5.31. The molecule has 0 saturated carbocycles. The average Bonchev–Trinajstić information content (AvgIpc) is 2.89. The molecule has 0 unspecified atom stereocenters. The Hall–Kier alpha value is -3.98. The van der Waals surface area contributed by atoms with Crippen molar-refractivity contribution in [3.8, 4) is 11.5 Å². The summed E-state index contributed by atoms with van der Waals surface area (Å²) in [5.74, 6) is 1.02. The van der Waals surface area contributed by atoms with E-state index in [0.717, 1.165) is 24.2 Å². The van der Waals surface area contributed by atoms with Crippen molar-refractivity contribution in [2.45, 2.75) is 46.5 Å². The number of phenols is 2. The third-order valence-electron chi connectivity index (χ3n) is 6.47. The molecule has 0 amide bonds. The molecule has 6 rings (SSSR count). The minimum absolute atomic E-state index is 0.208. The van der Waals surface area contributed by atoms with Crippen LogP contribution in [0.2, 0.25) is 0 Å². The van der Waals surface area contributed by atoms with Gasteiger partial charge in [-0.1, -0.05) is 82.3 Å². The molecular weight excluding hydrogens is 442 g/mol. The van der Waals surface area contributed by atoms with Crippen molar-refractivity contribution < 1.29 is 10.2 Å². The van der Waals surface area contributed by atoms with Gasteiger partial charge in [-0.2, -0.15) is 0 Å². The van der Waals surface area contributed by atoms with Crippen LogP contribution in [0.5, 0.6) is 11.5 Å². The maximum Gasteiger partial charge on any atom is 0.117 e. The molecule has 0 radical (unpaired) electrons. The molecule has 184 valence electrons. The van der Waals surface area contributed by atoms with Crippen molar-refractivity contribution >= 4 is 33.8 Å².